The van der Waals surface area contributed by atoms with Gasteiger partial charge in [-0.05, 0) is 65.7 Å². The van der Waals surface area contributed by atoms with Crippen LogP contribution in [0, 0.1) is 5.82 Å². The van der Waals surface area contributed by atoms with Crippen molar-refractivity contribution in [2.75, 3.05) is 33.3 Å². The van der Waals surface area contributed by atoms with E-state index in [0.717, 1.165) is 33.7 Å². The van der Waals surface area contributed by atoms with Gasteiger partial charge in [0, 0.05) is 49.0 Å². The van der Waals surface area contributed by atoms with Gasteiger partial charge in [0.1, 0.15) is 22.1 Å². The molecule has 210 valence electrons. The predicted molar refractivity (Wildman–Crippen MR) is 161 cm³/mol. The van der Waals surface area contributed by atoms with Crippen LogP contribution in [-0.4, -0.2) is 60.3 Å². The summed E-state index contributed by atoms with van der Waals surface area (Å²) >= 11 is 3.38. The summed E-state index contributed by atoms with van der Waals surface area (Å²) in [7, 11) is -2.27. The summed E-state index contributed by atoms with van der Waals surface area (Å²) in [6.45, 7) is 2.33. The van der Waals surface area contributed by atoms with Crippen molar-refractivity contribution in [1.29, 1.82) is 0 Å². The third-order valence-corrected chi connectivity index (χ3v) is 9.80. The summed E-state index contributed by atoms with van der Waals surface area (Å²) in [5.74, 6) is 0.0179. The third kappa shape index (κ3) is 5.52. The molecule has 3 aromatic carbocycles. The number of hydrogen-bond donors (Lipinski definition) is 0. The number of pyridine rings is 1. The highest BCUT2D eigenvalue weighted by Crippen LogP contribution is 2.32. The largest absolute Gasteiger partial charge is 0.495 e. The van der Waals surface area contributed by atoms with Gasteiger partial charge in [0.2, 0.25) is 10.0 Å². The van der Waals surface area contributed by atoms with E-state index in [1.54, 1.807) is 30.3 Å². The molecule has 0 aliphatic carbocycles. The van der Waals surface area contributed by atoms with E-state index in [4.69, 9.17) is 9.72 Å². The van der Waals surface area contributed by atoms with Crippen molar-refractivity contribution < 1.29 is 17.5 Å². The van der Waals surface area contributed by atoms with Gasteiger partial charge in [0.15, 0.2) is 0 Å². The first-order chi connectivity index (χ1) is 19.8. The second kappa shape index (κ2) is 11.4. The molecule has 41 heavy (non-hydrogen) atoms. The highest BCUT2D eigenvalue weighted by Gasteiger charge is 2.31. The van der Waals surface area contributed by atoms with E-state index >= 15 is 0 Å². The zero-order valence-electron chi connectivity index (χ0n) is 22.4. The number of nitrogens with zero attached hydrogens (tertiary/aromatic N) is 4. The summed E-state index contributed by atoms with van der Waals surface area (Å²) in [4.78, 5) is 7.30. The second-order valence-corrected chi connectivity index (χ2v) is 12.7. The highest BCUT2D eigenvalue weighted by atomic mass is 79.9. The Bertz CT molecular complexity index is 1800. The van der Waals surface area contributed by atoms with Crippen LogP contribution in [0.5, 0.6) is 5.75 Å². The van der Waals surface area contributed by atoms with E-state index in [2.05, 4.69) is 49.6 Å². The van der Waals surface area contributed by atoms with Crippen LogP contribution in [0.3, 0.4) is 0 Å². The fourth-order valence-corrected chi connectivity index (χ4v) is 7.33. The first-order valence-electron chi connectivity index (χ1n) is 13.2. The van der Waals surface area contributed by atoms with Crippen LogP contribution in [0.4, 0.5) is 4.39 Å². The second-order valence-electron chi connectivity index (χ2n) is 9.90. The number of rotatable bonds is 7. The van der Waals surface area contributed by atoms with Gasteiger partial charge in [0.25, 0.3) is 0 Å². The molecule has 2 aromatic heterocycles. The lowest BCUT2D eigenvalue weighted by atomic mass is 10.1. The van der Waals surface area contributed by atoms with Crippen molar-refractivity contribution in [3.8, 4) is 28.1 Å². The van der Waals surface area contributed by atoms with Crippen LogP contribution in [-0.2, 0) is 16.6 Å². The molecule has 0 amide bonds. The molecular formula is C31H28BrFN4O3S. The molecule has 7 nitrogen and oxygen atoms in total. The Balaban J connectivity index is 1.30. The molecule has 10 heteroatoms. The Labute approximate surface area is 247 Å². The van der Waals surface area contributed by atoms with Gasteiger partial charge in [-0.15, -0.1) is 0 Å². The molecule has 0 atom stereocenters. The fraction of sp³-hybridized carbons (Fsp3) is 0.194. The zero-order valence-corrected chi connectivity index (χ0v) is 24.8. The number of aromatic nitrogens is 2. The molecule has 1 saturated heterocycles. The minimum Gasteiger partial charge on any atom is -0.495 e. The summed E-state index contributed by atoms with van der Waals surface area (Å²) in [6, 6.07) is 25.6. The molecule has 1 fully saturated rings. The third-order valence-electron chi connectivity index (χ3n) is 7.39. The lowest BCUT2D eigenvalue weighted by molar-refractivity contribution is 0.179. The van der Waals surface area contributed by atoms with E-state index < -0.39 is 10.0 Å². The van der Waals surface area contributed by atoms with Gasteiger partial charge in [-0.1, -0.05) is 46.3 Å². The monoisotopic (exact) mass is 634 g/mol. The minimum absolute atomic E-state index is 0.150. The molecule has 0 saturated carbocycles. The van der Waals surface area contributed by atoms with Crippen molar-refractivity contribution >= 4 is 31.6 Å². The van der Waals surface area contributed by atoms with Crippen molar-refractivity contribution in [1.82, 2.24) is 18.6 Å². The number of hydrogen-bond acceptors (Lipinski definition) is 5. The molecular weight excluding hydrogens is 607 g/mol. The Morgan fingerprint density at radius 2 is 1.59 bits per heavy atom. The smallest absolute Gasteiger partial charge is 0.246 e. The number of sulfonamides is 1. The van der Waals surface area contributed by atoms with E-state index in [0.29, 0.717) is 42.9 Å². The molecule has 0 N–H and O–H groups in total. The van der Waals surface area contributed by atoms with E-state index in [1.807, 2.05) is 24.3 Å². The predicted octanol–water partition coefficient (Wildman–Crippen LogP) is 6.09. The minimum atomic E-state index is -3.74. The summed E-state index contributed by atoms with van der Waals surface area (Å²) in [5.41, 5.74) is 5.52. The number of fused-ring (bicyclic) bond motifs is 1. The molecule has 0 spiro atoms. The lowest BCUT2D eigenvalue weighted by Gasteiger charge is -2.34. The fourth-order valence-electron chi connectivity index (χ4n) is 5.22. The number of benzene rings is 3. The quantitative estimate of drug-likeness (QED) is 0.217. The summed E-state index contributed by atoms with van der Waals surface area (Å²) < 4.78 is 50.4. The van der Waals surface area contributed by atoms with Crippen molar-refractivity contribution in [3.63, 3.8) is 0 Å². The SMILES string of the molecule is COc1ccc(Br)cc1S(=O)(=O)N1CCN(Cc2c(-c3ccc(F)cc3)nc3ccc(-c4ccccc4)cn23)CC1. The maximum absolute atomic E-state index is 13.7. The Morgan fingerprint density at radius 3 is 2.29 bits per heavy atom. The zero-order chi connectivity index (χ0) is 28.6. The van der Waals surface area contributed by atoms with Crippen molar-refractivity contribution in [2.45, 2.75) is 11.4 Å². The number of piperazine rings is 1. The first kappa shape index (κ1) is 27.6. The number of ether oxygens (including phenoxy) is 1. The highest BCUT2D eigenvalue weighted by molar-refractivity contribution is 9.10. The van der Waals surface area contributed by atoms with Crippen LogP contribution >= 0.6 is 15.9 Å². The maximum Gasteiger partial charge on any atom is 0.246 e. The average molecular weight is 636 g/mol. The van der Waals surface area contributed by atoms with Gasteiger partial charge >= 0.3 is 0 Å². The van der Waals surface area contributed by atoms with Crippen LogP contribution in [0.1, 0.15) is 5.69 Å². The molecule has 5 aromatic rings. The van der Waals surface area contributed by atoms with E-state index in [9.17, 15) is 12.8 Å². The lowest BCUT2D eigenvalue weighted by Crippen LogP contribution is -2.48. The molecule has 6 rings (SSSR count). The molecule has 3 heterocycles. The van der Waals surface area contributed by atoms with Gasteiger partial charge in [-0.3, -0.25) is 4.90 Å². The molecule has 0 unspecified atom stereocenters. The van der Waals surface area contributed by atoms with Crippen LogP contribution in [0.15, 0.2) is 100 Å². The van der Waals surface area contributed by atoms with Crippen molar-refractivity contribution in [3.05, 3.63) is 107 Å². The number of halogens is 2. The van der Waals surface area contributed by atoms with Gasteiger partial charge in [-0.2, -0.15) is 4.31 Å². The molecule has 0 radical (unpaired) electrons. The Kier molecular flexibility index (Phi) is 7.65. The Hall–Kier alpha value is -3.57. The summed E-state index contributed by atoms with van der Waals surface area (Å²) in [5, 5.41) is 0. The van der Waals surface area contributed by atoms with Crippen LogP contribution in [0.25, 0.3) is 28.0 Å². The van der Waals surface area contributed by atoms with Gasteiger partial charge in [0.05, 0.1) is 18.5 Å². The average Bonchev–Trinajstić information content (AvgIpc) is 3.35. The molecule has 1 aliphatic rings. The van der Waals surface area contributed by atoms with E-state index in [-0.39, 0.29) is 10.7 Å². The normalized spacial score (nSPS) is 14.9. The van der Waals surface area contributed by atoms with Crippen LogP contribution < -0.4 is 4.74 Å². The van der Waals surface area contributed by atoms with Crippen molar-refractivity contribution in [2.24, 2.45) is 0 Å². The standard InChI is InChI=1S/C31H28BrFN4O3S/c1-40-28-13-10-25(32)19-29(28)41(38,39)36-17-15-35(16-18-36)21-27-31(23-7-11-26(33)12-8-23)34-30-14-9-24(20-37(27)30)22-5-3-2-4-6-22/h2-14,19-20H,15-18,21H2,1H3. The van der Waals surface area contributed by atoms with Gasteiger partial charge in [-0.25, -0.2) is 17.8 Å². The summed E-state index contributed by atoms with van der Waals surface area (Å²) in [6.07, 6.45) is 2.08. The molecule has 0 bridgehead atoms. The number of methoxy groups -OCH3 is 1. The van der Waals surface area contributed by atoms with E-state index in [1.165, 1.54) is 23.5 Å². The first-order valence-corrected chi connectivity index (χ1v) is 15.5. The maximum atomic E-state index is 13.7. The van der Waals surface area contributed by atoms with Gasteiger partial charge < -0.3 is 9.14 Å². The Morgan fingerprint density at radius 1 is 0.878 bits per heavy atom. The number of imidazole rings is 1. The van der Waals surface area contributed by atoms with Crippen LogP contribution in [0.2, 0.25) is 0 Å². The topological polar surface area (TPSA) is 67.2 Å². The molecule has 1 aliphatic heterocycles.